The van der Waals surface area contributed by atoms with Gasteiger partial charge in [0.1, 0.15) is 0 Å². The van der Waals surface area contributed by atoms with Crippen molar-refractivity contribution in [3.05, 3.63) is 69.5 Å². The lowest BCUT2D eigenvalue weighted by Gasteiger charge is -2.10. The van der Waals surface area contributed by atoms with E-state index in [9.17, 15) is 9.59 Å². The van der Waals surface area contributed by atoms with Crippen LogP contribution in [0.5, 0.6) is 11.5 Å². The summed E-state index contributed by atoms with van der Waals surface area (Å²) in [5.74, 6) is 0.822. The Kier molecular flexibility index (Phi) is 5.45. The molecular weight excluding hydrogens is 344 g/mol. The van der Waals surface area contributed by atoms with Crippen molar-refractivity contribution in [1.29, 1.82) is 0 Å². The van der Waals surface area contributed by atoms with Gasteiger partial charge in [-0.1, -0.05) is 18.2 Å². The number of carbonyl (C=O) groups excluding carboxylic acids is 1. The number of hydrogen-bond acceptors (Lipinski definition) is 4. The summed E-state index contributed by atoms with van der Waals surface area (Å²) in [4.78, 5) is 27.6. The van der Waals surface area contributed by atoms with Crippen LogP contribution in [0.2, 0.25) is 0 Å². The average molecular weight is 366 g/mol. The standard InChI is InChI=1S/C21H22N2O4/c1-13-5-4-6-14-11-16(21(25)23-19(13)14)9-10-22-20(24)15-7-8-17(26-2)18(12-15)27-3/h4-8,11-12H,9-10H2,1-3H3,(H,22,24)(H,23,25). The Morgan fingerprint density at radius 1 is 1.07 bits per heavy atom. The molecular formula is C21H22N2O4. The highest BCUT2D eigenvalue weighted by Gasteiger charge is 2.11. The number of pyridine rings is 1. The van der Waals surface area contributed by atoms with E-state index < -0.39 is 0 Å². The summed E-state index contributed by atoms with van der Waals surface area (Å²) in [6.45, 7) is 2.31. The number of hydrogen-bond donors (Lipinski definition) is 2. The Bertz CT molecular complexity index is 1040. The van der Waals surface area contributed by atoms with Crippen LogP contribution < -0.4 is 20.3 Å². The van der Waals surface area contributed by atoms with Gasteiger partial charge >= 0.3 is 0 Å². The number of amides is 1. The van der Waals surface area contributed by atoms with Crippen LogP contribution in [0.3, 0.4) is 0 Å². The molecule has 0 saturated heterocycles. The summed E-state index contributed by atoms with van der Waals surface area (Å²) in [6, 6.07) is 12.7. The molecule has 1 heterocycles. The molecule has 0 unspecified atom stereocenters. The van der Waals surface area contributed by atoms with Crippen LogP contribution in [0, 0.1) is 6.92 Å². The first kappa shape index (κ1) is 18.5. The van der Waals surface area contributed by atoms with E-state index in [0.717, 1.165) is 16.5 Å². The summed E-state index contributed by atoms with van der Waals surface area (Å²) >= 11 is 0. The maximum atomic E-state index is 12.4. The summed E-state index contributed by atoms with van der Waals surface area (Å²) in [5, 5.41) is 3.82. The molecule has 3 aromatic rings. The normalized spacial score (nSPS) is 10.6. The van der Waals surface area contributed by atoms with Gasteiger partial charge in [-0.3, -0.25) is 9.59 Å². The number of ether oxygens (including phenoxy) is 2. The number of rotatable bonds is 6. The smallest absolute Gasteiger partial charge is 0.251 e. The number of carbonyl (C=O) groups is 1. The molecule has 140 valence electrons. The lowest BCUT2D eigenvalue weighted by atomic mass is 10.1. The molecule has 6 nitrogen and oxygen atoms in total. The summed E-state index contributed by atoms with van der Waals surface area (Å²) in [5.41, 5.74) is 2.85. The predicted molar refractivity (Wildman–Crippen MR) is 105 cm³/mol. The largest absolute Gasteiger partial charge is 0.493 e. The minimum atomic E-state index is -0.232. The number of fused-ring (bicyclic) bond motifs is 1. The molecule has 27 heavy (non-hydrogen) atoms. The zero-order valence-corrected chi connectivity index (χ0v) is 15.6. The maximum Gasteiger partial charge on any atom is 0.251 e. The molecule has 0 aliphatic carbocycles. The highest BCUT2D eigenvalue weighted by Crippen LogP contribution is 2.27. The van der Waals surface area contributed by atoms with Crippen LogP contribution in [0.1, 0.15) is 21.5 Å². The minimum absolute atomic E-state index is 0.128. The van der Waals surface area contributed by atoms with Crippen LogP contribution in [0.25, 0.3) is 10.9 Å². The highest BCUT2D eigenvalue weighted by atomic mass is 16.5. The van der Waals surface area contributed by atoms with E-state index >= 15 is 0 Å². The number of aromatic nitrogens is 1. The fourth-order valence-electron chi connectivity index (χ4n) is 3.00. The quantitative estimate of drug-likeness (QED) is 0.703. The minimum Gasteiger partial charge on any atom is -0.493 e. The Morgan fingerprint density at radius 3 is 2.59 bits per heavy atom. The Labute approximate surface area is 157 Å². The van der Waals surface area contributed by atoms with Crippen molar-refractivity contribution in [3.63, 3.8) is 0 Å². The van der Waals surface area contributed by atoms with E-state index in [0.29, 0.717) is 35.6 Å². The number of para-hydroxylation sites is 1. The maximum absolute atomic E-state index is 12.4. The monoisotopic (exact) mass is 366 g/mol. The van der Waals surface area contributed by atoms with Gasteiger partial charge in [0.15, 0.2) is 11.5 Å². The third kappa shape index (κ3) is 3.95. The van der Waals surface area contributed by atoms with Gasteiger partial charge in [0.25, 0.3) is 11.5 Å². The second-order valence-corrected chi connectivity index (χ2v) is 6.24. The van der Waals surface area contributed by atoms with Crippen molar-refractivity contribution in [2.45, 2.75) is 13.3 Å². The Balaban J connectivity index is 1.69. The van der Waals surface area contributed by atoms with Crippen LogP contribution in [0.15, 0.2) is 47.3 Å². The molecule has 0 aliphatic rings. The SMILES string of the molecule is COc1ccc(C(=O)NCCc2cc3cccc(C)c3[nH]c2=O)cc1OC. The first-order valence-electron chi connectivity index (χ1n) is 8.65. The van der Waals surface area contributed by atoms with E-state index in [2.05, 4.69) is 10.3 Å². The van der Waals surface area contributed by atoms with Gasteiger partial charge in [-0.2, -0.15) is 0 Å². The van der Waals surface area contributed by atoms with E-state index in [-0.39, 0.29) is 11.5 Å². The summed E-state index contributed by atoms with van der Waals surface area (Å²) < 4.78 is 10.4. The molecule has 0 bridgehead atoms. The molecule has 0 spiro atoms. The third-order valence-corrected chi connectivity index (χ3v) is 4.49. The lowest BCUT2D eigenvalue weighted by Crippen LogP contribution is -2.27. The third-order valence-electron chi connectivity index (χ3n) is 4.49. The number of aryl methyl sites for hydroxylation is 1. The van der Waals surface area contributed by atoms with Gasteiger partial charge in [0.05, 0.1) is 19.7 Å². The molecule has 0 saturated carbocycles. The van der Waals surface area contributed by atoms with Crippen molar-refractivity contribution in [3.8, 4) is 11.5 Å². The molecule has 0 radical (unpaired) electrons. The van der Waals surface area contributed by atoms with Gasteiger partial charge in [0, 0.05) is 17.7 Å². The predicted octanol–water partition coefficient (Wildman–Crippen LogP) is 2.83. The van der Waals surface area contributed by atoms with Crippen molar-refractivity contribution < 1.29 is 14.3 Å². The van der Waals surface area contributed by atoms with Gasteiger partial charge in [-0.05, 0) is 48.6 Å². The number of aromatic amines is 1. The summed E-state index contributed by atoms with van der Waals surface area (Å²) in [7, 11) is 3.06. The first-order valence-corrected chi connectivity index (χ1v) is 8.65. The van der Waals surface area contributed by atoms with Crippen LogP contribution in [-0.4, -0.2) is 31.7 Å². The van der Waals surface area contributed by atoms with Crippen molar-refractivity contribution >= 4 is 16.8 Å². The lowest BCUT2D eigenvalue weighted by molar-refractivity contribution is 0.0953. The molecule has 1 amide bonds. The topological polar surface area (TPSA) is 80.4 Å². The number of H-pyrrole nitrogens is 1. The average Bonchev–Trinajstić information content (AvgIpc) is 2.68. The fourth-order valence-corrected chi connectivity index (χ4v) is 3.00. The number of methoxy groups -OCH3 is 2. The van der Waals surface area contributed by atoms with Crippen LogP contribution in [-0.2, 0) is 6.42 Å². The molecule has 2 aromatic carbocycles. The van der Waals surface area contributed by atoms with E-state index in [1.807, 2.05) is 31.2 Å². The fraction of sp³-hybridized carbons (Fsp3) is 0.238. The second-order valence-electron chi connectivity index (χ2n) is 6.24. The molecule has 0 aliphatic heterocycles. The molecule has 0 fully saturated rings. The van der Waals surface area contributed by atoms with Gasteiger partial charge in [-0.25, -0.2) is 0 Å². The Morgan fingerprint density at radius 2 is 1.85 bits per heavy atom. The molecule has 0 atom stereocenters. The van der Waals surface area contributed by atoms with Crippen molar-refractivity contribution in [2.24, 2.45) is 0 Å². The zero-order valence-electron chi connectivity index (χ0n) is 15.6. The van der Waals surface area contributed by atoms with Crippen LogP contribution in [0.4, 0.5) is 0 Å². The molecule has 3 rings (SSSR count). The Hall–Kier alpha value is -3.28. The van der Waals surface area contributed by atoms with E-state index in [1.165, 1.54) is 7.11 Å². The van der Waals surface area contributed by atoms with Gasteiger partial charge in [0.2, 0.25) is 0 Å². The molecule has 1 aromatic heterocycles. The second kappa shape index (κ2) is 7.95. The highest BCUT2D eigenvalue weighted by molar-refractivity contribution is 5.94. The van der Waals surface area contributed by atoms with E-state index in [1.54, 1.807) is 25.3 Å². The van der Waals surface area contributed by atoms with Crippen molar-refractivity contribution in [2.75, 3.05) is 20.8 Å². The van der Waals surface area contributed by atoms with E-state index in [4.69, 9.17) is 9.47 Å². The van der Waals surface area contributed by atoms with Crippen LogP contribution >= 0.6 is 0 Å². The zero-order chi connectivity index (χ0) is 19.4. The first-order chi connectivity index (χ1) is 13.0. The van der Waals surface area contributed by atoms with Crippen molar-refractivity contribution in [1.82, 2.24) is 10.3 Å². The number of benzene rings is 2. The summed E-state index contributed by atoms with van der Waals surface area (Å²) in [6.07, 6.45) is 0.443. The van der Waals surface area contributed by atoms with Gasteiger partial charge in [-0.15, -0.1) is 0 Å². The molecule has 2 N–H and O–H groups in total. The molecule has 6 heteroatoms. The number of nitrogens with one attached hydrogen (secondary N) is 2. The van der Waals surface area contributed by atoms with Gasteiger partial charge < -0.3 is 19.8 Å².